The van der Waals surface area contributed by atoms with E-state index in [1.54, 1.807) is 0 Å². The summed E-state index contributed by atoms with van der Waals surface area (Å²) in [7, 11) is -0.0129. The van der Waals surface area contributed by atoms with Crippen molar-refractivity contribution in [3.63, 3.8) is 0 Å². The SMILES string of the molecule is c1ccc(OPOc2ccccc2)cc1.c1ccc2c(c1)Cc1ccccc1O2. The Kier molecular flexibility index (Phi) is 6.42. The number of hydrogen-bond acceptors (Lipinski definition) is 3. The standard InChI is InChI=1S/C13H10O.C12H11O2P/c1-3-7-12-10(5-1)9-11-6-2-4-8-13(11)14-12;1-3-7-11(8-4-1)13-15-14-12-9-5-2-6-10-12/h1-8H,9H2;1-10,15H. The number of benzene rings is 4. The van der Waals surface area contributed by atoms with Gasteiger partial charge in [-0.3, -0.25) is 0 Å². The summed E-state index contributed by atoms with van der Waals surface area (Å²) in [6, 6.07) is 35.6. The predicted molar refractivity (Wildman–Crippen MR) is 118 cm³/mol. The van der Waals surface area contributed by atoms with Gasteiger partial charge in [0.25, 0.3) is 9.03 Å². The molecule has 0 bridgehead atoms. The summed E-state index contributed by atoms with van der Waals surface area (Å²) in [4.78, 5) is 0. The Morgan fingerprint density at radius 3 is 1.41 bits per heavy atom. The summed E-state index contributed by atoms with van der Waals surface area (Å²) in [5.41, 5.74) is 2.54. The highest BCUT2D eigenvalue weighted by molar-refractivity contribution is 7.27. The second-order valence-corrected chi connectivity index (χ2v) is 6.98. The number of rotatable bonds is 4. The van der Waals surface area contributed by atoms with Crippen LogP contribution in [-0.4, -0.2) is 0 Å². The van der Waals surface area contributed by atoms with Crippen molar-refractivity contribution in [1.82, 2.24) is 0 Å². The Morgan fingerprint density at radius 1 is 0.517 bits per heavy atom. The average molecular weight is 400 g/mol. The maximum atomic E-state index is 5.78. The quantitative estimate of drug-likeness (QED) is 0.303. The maximum absolute atomic E-state index is 5.78. The lowest BCUT2D eigenvalue weighted by Crippen LogP contribution is -2.01. The minimum atomic E-state index is -0.0129. The van der Waals surface area contributed by atoms with Gasteiger partial charge in [-0.25, -0.2) is 0 Å². The van der Waals surface area contributed by atoms with Crippen LogP contribution in [0.1, 0.15) is 11.1 Å². The molecule has 0 saturated carbocycles. The van der Waals surface area contributed by atoms with Gasteiger partial charge in [0.1, 0.15) is 23.0 Å². The smallest absolute Gasteiger partial charge is 0.275 e. The molecule has 0 radical (unpaired) electrons. The molecule has 1 aliphatic heterocycles. The highest BCUT2D eigenvalue weighted by Gasteiger charge is 2.14. The zero-order valence-corrected chi connectivity index (χ0v) is 16.8. The van der Waals surface area contributed by atoms with Crippen LogP contribution >= 0.6 is 9.03 Å². The number of ether oxygens (including phenoxy) is 1. The monoisotopic (exact) mass is 400 g/mol. The lowest BCUT2D eigenvalue weighted by Gasteiger charge is -2.19. The first-order valence-corrected chi connectivity index (χ1v) is 10.2. The van der Waals surface area contributed by atoms with Crippen LogP contribution in [0.15, 0.2) is 109 Å². The largest absolute Gasteiger partial charge is 0.457 e. The molecule has 4 aromatic carbocycles. The third kappa shape index (κ3) is 5.37. The molecule has 0 amide bonds. The van der Waals surface area contributed by atoms with E-state index in [9.17, 15) is 0 Å². The fourth-order valence-corrected chi connectivity index (χ4v) is 3.42. The molecule has 0 atom stereocenters. The van der Waals surface area contributed by atoms with E-state index in [0.717, 1.165) is 29.4 Å². The van der Waals surface area contributed by atoms with Gasteiger partial charge in [-0.15, -0.1) is 0 Å². The molecule has 0 fully saturated rings. The minimum absolute atomic E-state index is 0.0129. The van der Waals surface area contributed by atoms with Crippen LogP contribution in [0.2, 0.25) is 0 Å². The van der Waals surface area contributed by atoms with Gasteiger partial charge in [0.2, 0.25) is 0 Å². The Balaban J connectivity index is 0.000000141. The summed E-state index contributed by atoms with van der Waals surface area (Å²) < 4.78 is 16.6. The molecule has 4 heteroatoms. The molecule has 5 rings (SSSR count). The van der Waals surface area contributed by atoms with E-state index in [2.05, 4.69) is 24.3 Å². The molecule has 0 N–H and O–H groups in total. The molecular weight excluding hydrogens is 379 g/mol. The van der Waals surface area contributed by atoms with E-state index < -0.39 is 0 Å². The Bertz CT molecular complexity index is 909. The Labute approximate surface area is 172 Å². The van der Waals surface area contributed by atoms with Gasteiger partial charge in [-0.05, 0) is 47.5 Å². The maximum Gasteiger partial charge on any atom is 0.275 e. The van der Waals surface area contributed by atoms with Gasteiger partial charge >= 0.3 is 0 Å². The van der Waals surface area contributed by atoms with E-state index in [-0.39, 0.29) is 9.03 Å². The molecule has 4 aromatic rings. The first-order valence-electron chi connectivity index (χ1n) is 9.41. The Morgan fingerprint density at radius 2 is 0.931 bits per heavy atom. The van der Waals surface area contributed by atoms with E-state index in [1.807, 2.05) is 84.9 Å². The van der Waals surface area contributed by atoms with E-state index in [1.165, 1.54) is 11.1 Å². The van der Waals surface area contributed by atoms with Crippen molar-refractivity contribution in [2.75, 3.05) is 0 Å². The summed E-state index contributed by atoms with van der Waals surface area (Å²) in [5, 5.41) is 0. The second kappa shape index (κ2) is 9.77. The van der Waals surface area contributed by atoms with Crippen molar-refractivity contribution in [3.8, 4) is 23.0 Å². The van der Waals surface area contributed by atoms with E-state index in [4.69, 9.17) is 13.8 Å². The zero-order chi connectivity index (χ0) is 19.7. The molecule has 1 heterocycles. The van der Waals surface area contributed by atoms with Crippen molar-refractivity contribution in [1.29, 1.82) is 0 Å². The van der Waals surface area contributed by atoms with Crippen LogP contribution in [0.25, 0.3) is 0 Å². The van der Waals surface area contributed by atoms with Gasteiger partial charge in [-0.2, -0.15) is 0 Å². The molecule has 0 aliphatic carbocycles. The van der Waals surface area contributed by atoms with Crippen LogP contribution in [0.5, 0.6) is 23.0 Å². The van der Waals surface area contributed by atoms with Crippen molar-refractivity contribution in [2.45, 2.75) is 6.42 Å². The molecule has 0 aromatic heterocycles. The predicted octanol–water partition coefficient (Wildman–Crippen LogP) is 7.04. The van der Waals surface area contributed by atoms with Crippen LogP contribution < -0.4 is 13.8 Å². The van der Waals surface area contributed by atoms with Gasteiger partial charge in [0.05, 0.1) is 0 Å². The van der Waals surface area contributed by atoms with Crippen molar-refractivity contribution in [3.05, 3.63) is 120 Å². The average Bonchev–Trinajstić information content (AvgIpc) is 2.79. The number of para-hydroxylation sites is 4. The Hall–Kier alpha value is -3.29. The second-order valence-electron chi connectivity index (χ2n) is 6.41. The zero-order valence-electron chi connectivity index (χ0n) is 15.8. The third-order valence-electron chi connectivity index (χ3n) is 4.35. The minimum Gasteiger partial charge on any atom is -0.457 e. The van der Waals surface area contributed by atoms with Crippen LogP contribution in [0.4, 0.5) is 0 Å². The van der Waals surface area contributed by atoms with Crippen LogP contribution in [0.3, 0.4) is 0 Å². The summed E-state index contributed by atoms with van der Waals surface area (Å²) in [5.74, 6) is 3.64. The van der Waals surface area contributed by atoms with Crippen molar-refractivity contribution in [2.24, 2.45) is 0 Å². The highest BCUT2D eigenvalue weighted by Crippen LogP contribution is 2.35. The molecule has 144 valence electrons. The molecule has 1 aliphatic rings. The van der Waals surface area contributed by atoms with Gasteiger partial charge < -0.3 is 13.8 Å². The van der Waals surface area contributed by atoms with Gasteiger partial charge in [-0.1, -0.05) is 72.8 Å². The summed E-state index contributed by atoms with van der Waals surface area (Å²) in [6.45, 7) is 0. The molecule has 0 unspecified atom stereocenters. The molecule has 29 heavy (non-hydrogen) atoms. The molecule has 3 nitrogen and oxygen atoms in total. The number of hydrogen-bond donors (Lipinski definition) is 0. The van der Waals surface area contributed by atoms with Crippen molar-refractivity contribution >= 4 is 9.03 Å². The summed E-state index contributed by atoms with van der Waals surface area (Å²) >= 11 is 0. The third-order valence-corrected chi connectivity index (χ3v) is 4.99. The van der Waals surface area contributed by atoms with Crippen LogP contribution in [-0.2, 0) is 6.42 Å². The fourth-order valence-electron chi connectivity index (χ4n) is 2.92. The fraction of sp³-hybridized carbons (Fsp3) is 0.0400. The molecule has 0 saturated heterocycles. The van der Waals surface area contributed by atoms with E-state index in [0.29, 0.717) is 0 Å². The van der Waals surface area contributed by atoms with Crippen LogP contribution in [0, 0.1) is 0 Å². The normalized spacial score (nSPS) is 11.0. The first-order chi connectivity index (χ1) is 14.4. The number of fused-ring (bicyclic) bond motifs is 2. The molecule has 0 spiro atoms. The highest BCUT2D eigenvalue weighted by atomic mass is 31.1. The lowest BCUT2D eigenvalue weighted by molar-refractivity contribution is 0.460. The van der Waals surface area contributed by atoms with E-state index >= 15 is 0 Å². The van der Waals surface area contributed by atoms with Crippen molar-refractivity contribution < 1.29 is 13.8 Å². The summed E-state index contributed by atoms with van der Waals surface area (Å²) in [6.07, 6.45) is 0.979. The lowest BCUT2D eigenvalue weighted by atomic mass is 10.0. The van der Waals surface area contributed by atoms with Gasteiger partial charge in [0, 0.05) is 6.42 Å². The topological polar surface area (TPSA) is 27.7 Å². The molecular formula is C25H21O3P. The van der Waals surface area contributed by atoms with Gasteiger partial charge in [0.15, 0.2) is 0 Å². The first kappa shape index (κ1) is 19.0.